The minimum absolute atomic E-state index is 0.636. The summed E-state index contributed by atoms with van der Waals surface area (Å²) in [6.45, 7) is 4.50. The number of rotatable bonds is 3. The highest BCUT2D eigenvalue weighted by molar-refractivity contribution is 14.1. The zero-order chi connectivity index (χ0) is 9.84. The van der Waals surface area contributed by atoms with Gasteiger partial charge in [-0.3, -0.25) is 0 Å². The number of hydrogen-bond acceptors (Lipinski definition) is 1. The van der Waals surface area contributed by atoms with Crippen LogP contribution in [0.1, 0.15) is 31.7 Å². The molecule has 0 aliphatic rings. The van der Waals surface area contributed by atoms with E-state index in [9.17, 15) is 0 Å². The third-order valence-corrected chi connectivity index (χ3v) is 3.10. The monoisotopic (exact) mass is 289 g/mol. The number of benzene rings is 1. The minimum atomic E-state index is 0.636. The molecule has 0 fully saturated rings. The van der Waals surface area contributed by atoms with Crippen LogP contribution in [-0.2, 0) is 0 Å². The average Bonchev–Trinajstić information content (AvgIpc) is 2.16. The second-order valence-corrected chi connectivity index (χ2v) is 4.54. The fourth-order valence-corrected chi connectivity index (χ4v) is 1.90. The van der Waals surface area contributed by atoms with Gasteiger partial charge in [0.15, 0.2) is 0 Å². The van der Waals surface area contributed by atoms with Gasteiger partial charge in [0.2, 0.25) is 0 Å². The SMILES string of the molecule is CCC(C)c1cc(I)ccc1NC. The Kier molecular flexibility index (Phi) is 4.03. The molecule has 0 aliphatic carbocycles. The summed E-state index contributed by atoms with van der Waals surface area (Å²) < 4.78 is 1.31. The topological polar surface area (TPSA) is 12.0 Å². The van der Waals surface area contributed by atoms with E-state index >= 15 is 0 Å². The van der Waals surface area contributed by atoms with Crippen LogP contribution >= 0.6 is 22.6 Å². The molecule has 1 nitrogen and oxygen atoms in total. The smallest absolute Gasteiger partial charge is 0.0373 e. The van der Waals surface area contributed by atoms with Crippen molar-refractivity contribution in [2.75, 3.05) is 12.4 Å². The van der Waals surface area contributed by atoms with Gasteiger partial charge in [-0.1, -0.05) is 13.8 Å². The summed E-state index contributed by atoms with van der Waals surface area (Å²) in [6.07, 6.45) is 1.19. The van der Waals surface area contributed by atoms with E-state index in [0.29, 0.717) is 5.92 Å². The Bertz CT molecular complexity index is 283. The molecular weight excluding hydrogens is 273 g/mol. The van der Waals surface area contributed by atoms with Gasteiger partial charge < -0.3 is 5.32 Å². The van der Waals surface area contributed by atoms with Crippen LogP contribution in [0.4, 0.5) is 5.69 Å². The van der Waals surface area contributed by atoms with Crippen LogP contribution < -0.4 is 5.32 Å². The van der Waals surface area contributed by atoms with Gasteiger partial charge in [-0.15, -0.1) is 0 Å². The third-order valence-electron chi connectivity index (χ3n) is 2.43. The molecule has 2 heteroatoms. The molecule has 0 bridgehead atoms. The molecule has 1 rings (SSSR count). The largest absolute Gasteiger partial charge is 0.388 e. The van der Waals surface area contributed by atoms with Crippen molar-refractivity contribution in [1.29, 1.82) is 0 Å². The van der Waals surface area contributed by atoms with E-state index in [1.54, 1.807) is 0 Å². The Labute approximate surface area is 94.1 Å². The highest BCUT2D eigenvalue weighted by Crippen LogP contribution is 2.27. The maximum atomic E-state index is 3.23. The Hall–Kier alpha value is -0.250. The second kappa shape index (κ2) is 4.84. The molecule has 1 N–H and O–H groups in total. The Morgan fingerprint density at radius 1 is 1.46 bits per heavy atom. The lowest BCUT2D eigenvalue weighted by Gasteiger charge is -2.14. The van der Waals surface area contributed by atoms with E-state index in [-0.39, 0.29) is 0 Å². The second-order valence-electron chi connectivity index (χ2n) is 3.29. The molecule has 1 unspecified atom stereocenters. The third kappa shape index (κ3) is 2.59. The molecule has 0 saturated heterocycles. The van der Waals surface area contributed by atoms with Gasteiger partial charge in [0.25, 0.3) is 0 Å². The summed E-state index contributed by atoms with van der Waals surface area (Å²) in [5, 5.41) is 3.23. The first kappa shape index (κ1) is 10.8. The van der Waals surface area contributed by atoms with E-state index in [1.807, 2.05) is 7.05 Å². The van der Waals surface area contributed by atoms with E-state index in [2.05, 4.69) is 60.0 Å². The lowest BCUT2D eigenvalue weighted by atomic mass is 9.97. The molecule has 0 spiro atoms. The van der Waals surface area contributed by atoms with Gasteiger partial charge in [-0.2, -0.15) is 0 Å². The molecule has 1 aromatic rings. The lowest BCUT2D eigenvalue weighted by molar-refractivity contribution is 0.734. The van der Waals surface area contributed by atoms with Crippen molar-refractivity contribution in [3.63, 3.8) is 0 Å². The Balaban J connectivity index is 3.07. The highest BCUT2D eigenvalue weighted by Gasteiger charge is 2.07. The van der Waals surface area contributed by atoms with E-state index < -0.39 is 0 Å². The van der Waals surface area contributed by atoms with Crippen molar-refractivity contribution >= 4 is 28.3 Å². The summed E-state index contributed by atoms with van der Waals surface area (Å²) in [6, 6.07) is 6.56. The van der Waals surface area contributed by atoms with Crippen molar-refractivity contribution in [2.24, 2.45) is 0 Å². The number of halogens is 1. The van der Waals surface area contributed by atoms with Crippen molar-refractivity contribution < 1.29 is 0 Å². The van der Waals surface area contributed by atoms with Crippen LogP contribution in [0.3, 0.4) is 0 Å². The quantitative estimate of drug-likeness (QED) is 0.833. The fraction of sp³-hybridized carbons (Fsp3) is 0.455. The first-order chi connectivity index (χ1) is 6.19. The van der Waals surface area contributed by atoms with Gasteiger partial charge in [0.05, 0.1) is 0 Å². The normalized spacial score (nSPS) is 12.6. The van der Waals surface area contributed by atoms with E-state index in [4.69, 9.17) is 0 Å². The predicted octanol–water partition coefficient (Wildman–Crippen LogP) is 3.85. The van der Waals surface area contributed by atoms with Gasteiger partial charge in [0.1, 0.15) is 0 Å². The fourth-order valence-electron chi connectivity index (χ4n) is 1.39. The summed E-state index contributed by atoms with van der Waals surface area (Å²) >= 11 is 2.36. The standard InChI is InChI=1S/C11H16IN/c1-4-8(2)10-7-9(12)5-6-11(10)13-3/h5-8,13H,4H2,1-3H3. The summed E-state index contributed by atoms with van der Waals surface area (Å²) in [7, 11) is 1.98. The van der Waals surface area contributed by atoms with Crippen LogP contribution in [0.15, 0.2) is 18.2 Å². The molecule has 0 amide bonds. The first-order valence-electron chi connectivity index (χ1n) is 4.66. The van der Waals surface area contributed by atoms with E-state index in [0.717, 1.165) is 0 Å². The van der Waals surface area contributed by atoms with Crippen molar-refractivity contribution in [3.8, 4) is 0 Å². The van der Waals surface area contributed by atoms with Gasteiger partial charge in [-0.05, 0) is 58.7 Å². The van der Waals surface area contributed by atoms with Gasteiger partial charge in [-0.25, -0.2) is 0 Å². The number of nitrogens with one attached hydrogen (secondary N) is 1. The maximum absolute atomic E-state index is 3.23. The molecule has 0 saturated carbocycles. The van der Waals surface area contributed by atoms with Crippen LogP contribution in [0.5, 0.6) is 0 Å². The Morgan fingerprint density at radius 2 is 2.15 bits per heavy atom. The number of anilines is 1. The van der Waals surface area contributed by atoms with Crippen molar-refractivity contribution in [2.45, 2.75) is 26.2 Å². The molecule has 1 aromatic carbocycles. The first-order valence-corrected chi connectivity index (χ1v) is 5.74. The molecule has 1 atom stereocenters. The predicted molar refractivity (Wildman–Crippen MR) is 67.4 cm³/mol. The zero-order valence-electron chi connectivity index (χ0n) is 8.39. The van der Waals surface area contributed by atoms with Gasteiger partial charge in [0, 0.05) is 16.3 Å². The molecule has 0 aromatic heterocycles. The molecule has 0 heterocycles. The van der Waals surface area contributed by atoms with Crippen LogP contribution in [0, 0.1) is 3.57 Å². The Morgan fingerprint density at radius 3 is 2.69 bits per heavy atom. The van der Waals surface area contributed by atoms with Crippen LogP contribution in [0.25, 0.3) is 0 Å². The minimum Gasteiger partial charge on any atom is -0.388 e. The van der Waals surface area contributed by atoms with Crippen LogP contribution in [0.2, 0.25) is 0 Å². The highest BCUT2D eigenvalue weighted by atomic mass is 127. The van der Waals surface area contributed by atoms with E-state index in [1.165, 1.54) is 21.2 Å². The van der Waals surface area contributed by atoms with Crippen molar-refractivity contribution in [1.82, 2.24) is 0 Å². The van der Waals surface area contributed by atoms with Gasteiger partial charge >= 0.3 is 0 Å². The summed E-state index contributed by atoms with van der Waals surface area (Å²) in [4.78, 5) is 0. The maximum Gasteiger partial charge on any atom is 0.0373 e. The summed E-state index contributed by atoms with van der Waals surface area (Å²) in [5.41, 5.74) is 2.69. The molecule has 13 heavy (non-hydrogen) atoms. The molecule has 72 valence electrons. The molecule has 0 radical (unpaired) electrons. The van der Waals surface area contributed by atoms with Crippen molar-refractivity contribution in [3.05, 3.63) is 27.3 Å². The van der Waals surface area contributed by atoms with Crippen LogP contribution in [-0.4, -0.2) is 7.05 Å². The number of hydrogen-bond donors (Lipinski definition) is 1. The zero-order valence-corrected chi connectivity index (χ0v) is 10.6. The average molecular weight is 289 g/mol. The summed E-state index contributed by atoms with van der Waals surface area (Å²) in [5.74, 6) is 0.636. The molecule has 0 aliphatic heterocycles. The lowest BCUT2D eigenvalue weighted by Crippen LogP contribution is -1.99. The molecular formula is C11H16IN.